The van der Waals surface area contributed by atoms with Crippen LogP contribution in [0.5, 0.6) is 0 Å². The van der Waals surface area contributed by atoms with Crippen LogP contribution in [0.25, 0.3) is 0 Å². The van der Waals surface area contributed by atoms with Crippen molar-refractivity contribution in [3.63, 3.8) is 0 Å². The van der Waals surface area contributed by atoms with Gasteiger partial charge in [0.05, 0.1) is 18.0 Å². The van der Waals surface area contributed by atoms with E-state index >= 15 is 0 Å². The fourth-order valence-corrected chi connectivity index (χ4v) is 3.88. The lowest BCUT2D eigenvalue weighted by Gasteiger charge is -2.36. The molecule has 1 fully saturated rings. The minimum absolute atomic E-state index is 0.00681. The Morgan fingerprint density at radius 1 is 1.06 bits per heavy atom. The van der Waals surface area contributed by atoms with Gasteiger partial charge in [0.1, 0.15) is 17.4 Å². The molecule has 1 amide bonds. The minimum atomic E-state index is -1.20. The van der Waals surface area contributed by atoms with Gasteiger partial charge in [-0.2, -0.15) is 5.26 Å². The predicted octanol–water partition coefficient (Wildman–Crippen LogP) is 5.65. The Hall–Kier alpha value is -2.62. The molecule has 1 heterocycles. The molecule has 3 atom stereocenters. The van der Waals surface area contributed by atoms with E-state index in [2.05, 4.69) is 6.07 Å². The topological polar surface area (TPSA) is 79.6 Å². The van der Waals surface area contributed by atoms with Crippen molar-refractivity contribution in [1.29, 1.82) is 5.26 Å². The zero-order valence-corrected chi connectivity index (χ0v) is 20.9. The zero-order valence-electron chi connectivity index (χ0n) is 20.9. The number of carbonyl (C=O) groups is 2. The number of likely N-dealkylation sites (tertiary alicyclic amines) is 1. The van der Waals surface area contributed by atoms with E-state index in [1.807, 2.05) is 45.0 Å². The SMILES string of the molecule is CC(C)(C)OC(=O)CC[C@@](C)(C#N)c1ccc(C2CCN(C(=O)OC(C)(C)C)CC2F)cc1. The van der Waals surface area contributed by atoms with Crippen LogP contribution in [0.15, 0.2) is 24.3 Å². The number of benzene rings is 1. The number of alkyl halides is 1. The Morgan fingerprint density at radius 2 is 1.64 bits per heavy atom. The summed E-state index contributed by atoms with van der Waals surface area (Å²) in [5, 5.41) is 9.79. The summed E-state index contributed by atoms with van der Waals surface area (Å²) in [4.78, 5) is 25.8. The van der Waals surface area contributed by atoms with Gasteiger partial charge in [-0.05, 0) is 72.4 Å². The summed E-state index contributed by atoms with van der Waals surface area (Å²) in [5.41, 5.74) is -0.428. The standard InChI is InChI=1S/C26H37FN2O4/c1-24(2,3)32-22(30)12-14-26(7,17-28)19-10-8-18(9-11-19)20-13-15-29(16-21(20)27)23(31)33-25(4,5)6/h8-11,20-21H,12-16H2,1-7H3/t20?,21?,26-/m0/s1. The number of hydrogen-bond donors (Lipinski definition) is 0. The van der Waals surface area contributed by atoms with Gasteiger partial charge in [0.15, 0.2) is 0 Å². The van der Waals surface area contributed by atoms with Gasteiger partial charge in [-0.25, -0.2) is 9.18 Å². The highest BCUT2D eigenvalue weighted by atomic mass is 19.1. The Bertz CT molecular complexity index is 880. The van der Waals surface area contributed by atoms with Crippen LogP contribution in [0.3, 0.4) is 0 Å². The van der Waals surface area contributed by atoms with Crippen molar-refractivity contribution in [3.05, 3.63) is 35.4 Å². The van der Waals surface area contributed by atoms with Gasteiger partial charge in [0, 0.05) is 18.9 Å². The lowest BCUT2D eigenvalue weighted by Crippen LogP contribution is -2.46. The molecule has 2 rings (SSSR count). The minimum Gasteiger partial charge on any atom is -0.460 e. The summed E-state index contributed by atoms with van der Waals surface area (Å²) >= 11 is 0. The Labute approximate surface area is 197 Å². The highest BCUT2D eigenvalue weighted by Crippen LogP contribution is 2.34. The van der Waals surface area contributed by atoms with Crippen molar-refractivity contribution < 1.29 is 23.5 Å². The van der Waals surface area contributed by atoms with E-state index in [1.165, 1.54) is 4.90 Å². The van der Waals surface area contributed by atoms with Crippen LogP contribution >= 0.6 is 0 Å². The van der Waals surface area contributed by atoms with Gasteiger partial charge < -0.3 is 14.4 Å². The monoisotopic (exact) mass is 460 g/mol. The van der Waals surface area contributed by atoms with E-state index in [0.717, 1.165) is 11.1 Å². The molecule has 1 aromatic carbocycles. The fraction of sp³-hybridized carbons (Fsp3) is 0.654. The molecule has 1 saturated heterocycles. The maximum Gasteiger partial charge on any atom is 0.410 e. The smallest absolute Gasteiger partial charge is 0.410 e. The molecule has 0 spiro atoms. The van der Waals surface area contributed by atoms with Crippen LogP contribution in [0.2, 0.25) is 0 Å². The molecule has 1 aromatic rings. The molecule has 7 heteroatoms. The summed E-state index contributed by atoms with van der Waals surface area (Å²) in [6.07, 6.45) is -0.731. The molecule has 2 unspecified atom stereocenters. The third-order valence-electron chi connectivity index (χ3n) is 5.66. The van der Waals surface area contributed by atoms with Crippen molar-refractivity contribution in [2.45, 2.75) is 96.4 Å². The van der Waals surface area contributed by atoms with E-state index in [-0.39, 0.29) is 24.9 Å². The van der Waals surface area contributed by atoms with Crippen LogP contribution in [-0.2, 0) is 19.7 Å². The lowest BCUT2D eigenvalue weighted by atomic mass is 9.78. The van der Waals surface area contributed by atoms with Crippen molar-refractivity contribution in [1.82, 2.24) is 4.90 Å². The highest BCUT2D eigenvalue weighted by Gasteiger charge is 2.35. The number of nitriles is 1. The average molecular weight is 461 g/mol. The molecular weight excluding hydrogens is 423 g/mol. The molecule has 0 bridgehead atoms. The number of halogens is 1. The van der Waals surface area contributed by atoms with Gasteiger partial charge in [-0.3, -0.25) is 4.79 Å². The number of hydrogen-bond acceptors (Lipinski definition) is 5. The Kier molecular flexibility index (Phi) is 8.16. The zero-order chi connectivity index (χ0) is 25.0. The third-order valence-corrected chi connectivity index (χ3v) is 5.66. The first-order valence-corrected chi connectivity index (χ1v) is 11.5. The number of amides is 1. The first kappa shape index (κ1) is 26.6. The number of esters is 1. The number of rotatable bonds is 5. The molecule has 0 saturated carbocycles. The number of piperidine rings is 1. The predicted molar refractivity (Wildman–Crippen MR) is 125 cm³/mol. The van der Waals surface area contributed by atoms with E-state index in [9.17, 15) is 19.2 Å². The second kappa shape index (κ2) is 10.1. The summed E-state index contributed by atoms with van der Waals surface area (Å²) in [6.45, 7) is 13.0. The van der Waals surface area contributed by atoms with Gasteiger partial charge >= 0.3 is 12.1 Å². The molecular formula is C26H37FN2O4. The van der Waals surface area contributed by atoms with Crippen LogP contribution in [-0.4, -0.2) is 47.4 Å². The van der Waals surface area contributed by atoms with E-state index in [4.69, 9.17) is 9.47 Å². The third kappa shape index (κ3) is 7.73. The first-order chi connectivity index (χ1) is 15.1. The number of carbonyl (C=O) groups excluding carboxylic acids is 2. The quantitative estimate of drug-likeness (QED) is 0.530. The van der Waals surface area contributed by atoms with Crippen molar-refractivity contribution >= 4 is 12.1 Å². The second-order valence-corrected chi connectivity index (χ2v) is 11.0. The molecule has 1 aliphatic rings. The normalized spacial score (nSPS) is 21.0. The summed E-state index contributed by atoms with van der Waals surface area (Å²) < 4.78 is 25.7. The van der Waals surface area contributed by atoms with Gasteiger partial charge in [-0.15, -0.1) is 0 Å². The first-order valence-electron chi connectivity index (χ1n) is 11.5. The molecule has 0 aliphatic carbocycles. The highest BCUT2D eigenvalue weighted by molar-refractivity contribution is 5.70. The summed E-state index contributed by atoms with van der Waals surface area (Å²) in [5.74, 6) is -0.662. The van der Waals surface area contributed by atoms with Crippen molar-refractivity contribution in [2.75, 3.05) is 13.1 Å². The largest absolute Gasteiger partial charge is 0.460 e. The molecule has 182 valence electrons. The van der Waals surface area contributed by atoms with Crippen LogP contribution in [0.1, 0.15) is 84.8 Å². The summed E-state index contributed by atoms with van der Waals surface area (Å²) in [7, 11) is 0. The fourth-order valence-electron chi connectivity index (χ4n) is 3.88. The second-order valence-electron chi connectivity index (χ2n) is 11.0. The number of nitrogens with zero attached hydrogens (tertiary/aromatic N) is 2. The van der Waals surface area contributed by atoms with Crippen LogP contribution in [0.4, 0.5) is 9.18 Å². The molecule has 1 aliphatic heterocycles. The maximum atomic E-state index is 15.0. The maximum absolute atomic E-state index is 15.0. The van der Waals surface area contributed by atoms with Crippen LogP contribution in [0, 0.1) is 11.3 Å². The Morgan fingerprint density at radius 3 is 2.12 bits per heavy atom. The molecule has 6 nitrogen and oxygen atoms in total. The summed E-state index contributed by atoms with van der Waals surface area (Å²) in [6, 6.07) is 9.68. The average Bonchev–Trinajstić information content (AvgIpc) is 2.69. The van der Waals surface area contributed by atoms with Gasteiger partial charge in [0.2, 0.25) is 0 Å². The van der Waals surface area contributed by atoms with E-state index in [1.54, 1.807) is 27.7 Å². The Balaban J connectivity index is 2.03. The number of ether oxygens (including phenoxy) is 2. The molecule has 0 N–H and O–H groups in total. The van der Waals surface area contributed by atoms with E-state index in [0.29, 0.717) is 19.4 Å². The van der Waals surface area contributed by atoms with Gasteiger partial charge in [0.25, 0.3) is 0 Å². The van der Waals surface area contributed by atoms with Gasteiger partial charge in [-0.1, -0.05) is 24.3 Å². The molecule has 0 aromatic heterocycles. The lowest BCUT2D eigenvalue weighted by molar-refractivity contribution is -0.155. The van der Waals surface area contributed by atoms with Crippen molar-refractivity contribution in [2.24, 2.45) is 0 Å². The van der Waals surface area contributed by atoms with E-state index < -0.39 is 28.9 Å². The van der Waals surface area contributed by atoms with Crippen molar-refractivity contribution in [3.8, 4) is 6.07 Å². The molecule has 0 radical (unpaired) electrons. The molecule has 33 heavy (non-hydrogen) atoms. The van der Waals surface area contributed by atoms with Crippen LogP contribution < -0.4 is 0 Å².